The molecule has 1 saturated carbocycles. The zero-order valence-corrected chi connectivity index (χ0v) is 9.96. The van der Waals surface area contributed by atoms with Crippen LogP contribution in [0.25, 0.3) is 0 Å². The number of ether oxygens (including phenoxy) is 2. The molecule has 1 aromatic carbocycles. The Morgan fingerprint density at radius 3 is 2.69 bits per heavy atom. The summed E-state index contributed by atoms with van der Waals surface area (Å²) in [5.41, 5.74) is 0.677. The van der Waals surface area contributed by atoms with Crippen LogP contribution in [0.4, 0.5) is 0 Å². The average Bonchev–Trinajstić information content (AvgIpc) is 2.23. The van der Waals surface area contributed by atoms with Gasteiger partial charge in [-0.3, -0.25) is 0 Å². The van der Waals surface area contributed by atoms with Crippen molar-refractivity contribution in [2.75, 3.05) is 7.11 Å². The van der Waals surface area contributed by atoms with Gasteiger partial charge in [-0.2, -0.15) is 0 Å². The molecule has 0 aromatic heterocycles. The van der Waals surface area contributed by atoms with Crippen LogP contribution in [0.3, 0.4) is 0 Å². The van der Waals surface area contributed by atoms with Crippen molar-refractivity contribution in [2.24, 2.45) is 0 Å². The second-order valence-electron chi connectivity index (χ2n) is 3.93. The summed E-state index contributed by atoms with van der Waals surface area (Å²) in [5, 5.41) is 9.82. The number of halogens is 1. The second kappa shape index (κ2) is 4.93. The third-order valence-electron chi connectivity index (χ3n) is 2.82. The van der Waals surface area contributed by atoms with Crippen LogP contribution in [0.2, 0.25) is 5.02 Å². The van der Waals surface area contributed by atoms with Crippen molar-refractivity contribution in [2.45, 2.75) is 32.0 Å². The molecule has 1 aromatic rings. The van der Waals surface area contributed by atoms with Crippen molar-refractivity contribution in [3.63, 3.8) is 0 Å². The van der Waals surface area contributed by atoms with Gasteiger partial charge in [0.05, 0.1) is 19.8 Å². The van der Waals surface area contributed by atoms with Gasteiger partial charge < -0.3 is 14.6 Å². The van der Waals surface area contributed by atoms with Gasteiger partial charge in [0.15, 0.2) is 11.5 Å². The van der Waals surface area contributed by atoms with Gasteiger partial charge in [0.25, 0.3) is 0 Å². The van der Waals surface area contributed by atoms with E-state index in [-0.39, 0.29) is 12.7 Å². The monoisotopic (exact) mass is 242 g/mol. The zero-order valence-electron chi connectivity index (χ0n) is 9.20. The van der Waals surface area contributed by atoms with Crippen LogP contribution in [0.5, 0.6) is 11.5 Å². The maximum atomic E-state index is 9.27. The molecule has 0 spiro atoms. The van der Waals surface area contributed by atoms with E-state index in [2.05, 4.69) is 0 Å². The van der Waals surface area contributed by atoms with Gasteiger partial charge in [-0.05, 0) is 25.3 Å². The van der Waals surface area contributed by atoms with Crippen molar-refractivity contribution in [1.29, 1.82) is 0 Å². The molecule has 88 valence electrons. The lowest BCUT2D eigenvalue weighted by Crippen LogP contribution is -2.25. The fraction of sp³-hybridized carbons (Fsp3) is 0.500. The largest absolute Gasteiger partial charge is 0.493 e. The standard InChI is InChI=1S/C12H15ClO3/c1-15-11-6-9(13)5-8(7-14)12(11)16-10-3-2-4-10/h5-6,10,14H,2-4,7H2,1H3. The second-order valence-corrected chi connectivity index (χ2v) is 4.36. The normalized spacial score (nSPS) is 15.7. The minimum absolute atomic E-state index is 0.0982. The molecule has 0 heterocycles. The Morgan fingerprint density at radius 1 is 1.44 bits per heavy atom. The van der Waals surface area contributed by atoms with Crippen LogP contribution in [-0.2, 0) is 6.61 Å². The summed E-state index contributed by atoms with van der Waals surface area (Å²) in [6.07, 6.45) is 3.59. The van der Waals surface area contributed by atoms with Gasteiger partial charge in [-0.15, -0.1) is 0 Å². The number of methoxy groups -OCH3 is 1. The van der Waals surface area contributed by atoms with Gasteiger partial charge in [0.1, 0.15) is 0 Å². The number of aliphatic hydroxyl groups is 1. The number of aliphatic hydroxyl groups excluding tert-OH is 1. The summed E-state index contributed by atoms with van der Waals surface area (Å²) < 4.78 is 11.0. The van der Waals surface area contributed by atoms with Crippen LogP contribution in [0.1, 0.15) is 24.8 Å². The number of rotatable bonds is 4. The topological polar surface area (TPSA) is 38.7 Å². The van der Waals surface area contributed by atoms with Crippen LogP contribution >= 0.6 is 11.6 Å². The summed E-state index contributed by atoms with van der Waals surface area (Å²) in [6.45, 7) is -0.0982. The van der Waals surface area contributed by atoms with Gasteiger partial charge in [0, 0.05) is 16.7 Å². The first-order valence-electron chi connectivity index (χ1n) is 5.38. The highest BCUT2D eigenvalue weighted by molar-refractivity contribution is 6.30. The first-order valence-corrected chi connectivity index (χ1v) is 5.76. The van der Waals surface area contributed by atoms with E-state index in [9.17, 15) is 5.11 Å². The Bertz CT molecular complexity index is 350. The highest BCUT2D eigenvalue weighted by Gasteiger charge is 2.22. The lowest BCUT2D eigenvalue weighted by Gasteiger charge is -2.28. The molecule has 1 aliphatic rings. The number of benzene rings is 1. The van der Waals surface area contributed by atoms with Crippen molar-refractivity contribution in [3.05, 3.63) is 22.7 Å². The maximum Gasteiger partial charge on any atom is 0.167 e. The first-order chi connectivity index (χ1) is 7.74. The van der Waals surface area contributed by atoms with Crippen LogP contribution in [0, 0.1) is 0 Å². The van der Waals surface area contributed by atoms with Gasteiger partial charge >= 0.3 is 0 Å². The molecule has 2 rings (SSSR count). The van der Waals surface area contributed by atoms with Gasteiger partial charge in [-0.25, -0.2) is 0 Å². The highest BCUT2D eigenvalue weighted by atomic mass is 35.5. The predicted molar refractivity (Wildman–Crippen MR) is 62.2 cm³/mol. The first kappa shape index (κ1) is 11.6. The van der Waals surface area contributed by atoms with E-state index < -0.39 is 0 Å². The van der Waals surface area contributed by atoms with E-state index in [1.165, 1.54) is 6.42 Å². The fourth-order valence-electron chi connectivity index (χ4n) is 1.68. The molecule has 0 saturated heterocycles. The third-order valence-corrected chi connectivity index (χ3v) is 3.04. The Labute approximate surface area is 99.9 Å². The lowest BCUT2D eigenvalue weighted by atomic mass is 9.96. The molecule has 0 radical (unpaired) electrons. The molecular weight excluding hydrogens is 228 g/mol. The molecular formula is C12H15ClO3. The Hall–Kier alpha value is -0.930. The van der Waals surface area contributed by atoms with E-state index in [0.717, 1.165) is 12.8 Å². The summed E-state index contributed by atoms with van der Waals surface area (Å²) >= 11 is 5.92. The average molecular weight is 243 g/mol. The molecule has 0 bridgehead atoms. The molecule has 1 fully saturated rings. The molecule has 0 unspecified atom stereocenters. The minimum atomic E-state index is -0.0982. The summed E-state index contributed by atoms with van der Waals surface area (Å²) in [4.78, 5) is 0. The molecule has 0 atom stereocenters. The Morgan fingerprint density at radius 2 is 2.19 bits per heavy atom. The van der Waals surface area contributed by atoms with E-state index >= 15 is 0 Å². The Balaban J connectivity index is 2.30. The molecule has 1 N–H and O–H groups in total. The lowest BCUT2D eigenvalue weighted by molar-refractivity contribution is 0.112. The molecule has 4 heteroatoms. The van der Waals surface area contributed by atoms with Gasteiger partial charge in [-0.1, -0.05) is 11.6 Å². The summed E-state index contributed by atoms with van der Waals surface area (Å²) in [7, 11) is 1.57. The van der Waals surface area contributed by atoms with Gasteiger partial charge in [0.2, 0.25) is 0 Å². The summed E-state index contributed by atoms with van der Waals surface area (Å²) in [6, 6.07) is 3.41. The Kier molecular flexibility index (Phi) is 3.56. The van der Waals surface area contributed by atoms with Crippen LogP contribution in [0.15, 0.2) is 12.1 Å². The molecule has 3 nitrogen and oxygen atoms in total. The van der Waals surface area contributed by atoms with Crippen molar-refractivity contribution < 1.29 is 14.6 Å². The van der Waals surface area contributed by atoms with Crippen LogP contribution < -0.4 is 9.47 Å². The summed E-state index contributed by atoms with van der Waals surface area (Å²) in [5.74, 6) is 1.21. The van der Waals surface area contributed by atoms with Crippen molar-refractivity contribution >= 4 is 11.6 Å². The molecule has 0 amide bonds. The van der Waals surface area contributed by atoms with Crippen molar-refractivity contribution in [1.82, 2.24) is 0 Å². The smallest absolute Gasteiger partial charge is 0.167 e. The minimum Gasteiger partial charge on any atom is -0.493 e. The molecule has 0 aliphatic heterocycles. The maximum absolute atomic E-state index is 9.27. The predicted octanol–water partition coefficient (Wildman–Crippen LogP) is 2.77. The molecule has 1 aliphatic carbocycles. The third kappa shape index (κ3) is 2.25. The quantitative estimate of drug-likeness (QED) is 0.883. The fourth-order valence-corrected chi connectivity index (χ4v) is 1.91. The van der Waals surface area contributed by atoms with Crippen LogP contribution in [-0.4, -0.2) is 18.3 Å². The highest BCUT2D eigenvalue weighted by Crippen LogP contribution is 2.37. The van der Waals surface area contributed by atoms with E-state index in [1.807, 2.05) is 0 Å². The van der Waals surface area contributed by atoms with E-state index in [4.69, 9.17) is 21.1 Å². The zero-order chi connectivity index (χ0) is 11.5. The number of hydrogen-bond donors (Lipinski definition) is 1. The van der Waals surface area contributed by atoms with E-state index in [1.54, 1.807) is 19.2 Å². The SMILES string of the molecule is COc1cc(Cl)cc(CO)c1OC1CCC1. The molecule has 16 heavy (non-hydrogen) atoms. The number of hydrogen-bond acceptors (Lipinski definition) is 3. The van der Waals surface area contributed by atoms with Crippen molar-refractivity contribution in [3.8, 4) is 11.5 Å². The van der Waals surface area contributed by atoms with E-state index in [0.29, 0.717) is 22.1 Å².